The lowest BCUT2D eigenvalue weighted by atomic mass is 10.1. The lowest BCUT2D eigenvalue weighted by Crippen LogP contribution is -2.42. The van der Waals surface area contributed by atoms with Gasteiger partial charge in [0.15, 0.2) is 6.10 Å². The van der Waals surface area contributed by atoms with Crippen LogP contribution in [0.25, 0.3) is 0 Å². The molecule has 0 saturated carbocycles. The van der Waals surface area contributed by atoms with Crippen molar-refractivity contribution in [2.24, 2.45) is 0 Å². The highest BCUT2D eigenvalue weighted by Crippen LogP contribution is 2.22. The zero-order valence-corrected chi connectivity index (χ0v) is 13.1. The third kappa shape index (κ3) is 4.44. The molecule has 1 unspecified atom stereocenters. The molecule has 0 aromatic heterocycles. The van der Waals surface area contributed by atoms with Gasteiger partial charge in [-0.05, 0) is 32.9 Å². The van der Waals surface area contributed by atoms with Crippen LogP contribution in [0, 0.1) is 0 Å². The fraction of sp³-hybridized carbons (Fsp3) is 0.562. The number of amides is 1. The standard InChI is InChI=1S/C14H19NO3.C2H6/c1-14(2,3)15-9-12(18-13(15)16)10-17-11-7-5-4-6-8-11;1-2/h4-8,12H,9-10H2,1-3H3;1-2H3. The first-order valence-electron chi connectivity index (χ1n) is 7.13. The number of hydrogen-bond acceptors (Lipinski definition) is 3. The van der Waals surface area contributed by atoms with E-state index in [-0.39, 0.29) is 17.7 Å². The van der Waals surface area contributed by atoms with E-state index in [0.717, 1.165) is 5.75 Å². The minimum Gasteiger partial charge on any atom is -0.490 e. The molecule has 1 atom stereocenters. The third-order valence-corrected chi connectivity index (χ3v) is 2.86. The van der Waals surface area contributed by atoms with Gasteiger partial charge < -0.3 is 9.47 Å². The van der Waals surface area contributed by atoms with Gasteiger partial charge in [0.1, 0.15) is 12.4 Å². The van der Waals surface area contributed by atoms with E-state index in [1.807, 2.05) is 65.0 Å². The first kappa shape index (κ1) is 16.3. The van der Waals surface area contributed by atoms with Gasteiger partial charge in [-0.3, -0.25) is 4.90 Å². The van der Waals surface area contributed by atoms with Crippen LogP contribution < -0.4 is 4.74 Å². The second-order valence-electron chi connectivity index (χ2n) is 5.41. The van der Waals surface area contributed by atoms with Crippen molar-refractivity contribution in [3.05, 3.63) is 30.3 Å². The Morgan fingerprint density at radius 3 is 2.35 bits per heavy atom. The summed E-state index contributed by atoms with van der Waals surface area (Å²) in [7, 11) is 0. The van der Waals surface area contributed by atoms with Crippen LogP contribution in [0.3, 0.4) is 0 Å². The lowest BCUT2D eigenvalue weighted by Gasteiger charge is -2.29. The summed E-state index contributed by atoms with van der Waals surface area (Å²) in [4.78, 5) is 13.4. The van der Waals surface area contributed by atoms with E-state index in [1.54, 1.807) is 4.90 Å². The van der Waals surface area contributed by atoms with E-state index in [1.165, 1.54) is 0 Å². The quantitative estimate of drug-likeness (QED) is 0.846. The van der Waals surface area contributed by atoms with Gasteiger partial charge in [0.25, 0.3) is 0 Å². The zero-order chi connectivity index (χ0) is 15.2. The van der Waals surface area contributed by atoms with Crippen molar-refractivity contribution in [3.63, 3.8) is 0 Å². The molecule has 1 aliphatic rings. The molecule has 1 fully saturated rings. The second kappa shape index (κ2) is 7.17. The summed E-state index contributed by atoms with van der Waals surface area (Å²) in [6.45, 7) is 11.0. The van der Waals surface area contributed by atoms with Gasteiger partial charge in [-0.1, -0.05) is 32.0 Å². The minimum atomic E-state index is -0.260. The molecular formula is C16H25NO3. The van der Waals surface area contributed by atoms with Crippen LogP contribution in [-0.4, -0.2) is 35.8 Å². The number of ether oxygens (including phenoxy) is 2. The number of hydrogen-bond donors (Lipinski definition) is 0. The van der Waals surface area contributed by atoms with E-state index in [2.05, 4.69) is 0 Å². The van der Waals surface area contributed by atoms with Gasteiger partial charge in [-0.25, -0.2) is 4.79 Å². The monoisotopic (exact) mass is 279 g/mol. The molecule has 0 bridgehead atoms. The van der Waals surface area contributed by atoms with Crippen LogP contribution in [-0.2, 0) is 4.74 Å². The summed E-state index contributed by atoms with van der Waals surface area (Å²) in [5.74, 6) is 0.794. The number of carbonyl (C=O) groups is 1. The van der Waals surface area contributed by atoms with Crippen LogP contribution >= 0.6 is 0 Å². The molecule has 0 N–H and O–H groups in total. The molecule has 1 amide bonds. The third-order valence-electron chi connectivity index (χ3n) is 2.86. The predicted molar refractivity (Wildman–Crippen MR) is 80.0 cm³/mol. The molecule has 1 heterocycles. The molecule has 4 heteroatoms. The van der Waals surface area contributed by atoms with Crippen molar-refractivity contribution in [2.75, 3.05) is 13.2 Å². The molecule has 1 aromatic carbocycles. The molecule has 112 valence electrons. The van der Waals surface area contributed by atoms with Gasteiger partial charge in [0, 0.05) is 5.54 Å². The molecule has 0 spiro atoms. The Labute approximate surface area is 121 Å². The van der Waals surface area contributed by atoms with Gasteiger partial charge in [0.2, 0.25) is 0 Å². The fourth-order valence-electron chi connectivity index (χ4n) is 1.86. The molecule has 1 aliphatic heterocycles. The molecule has 4 nitrogen and oxygen atoms in total. The number of nitrogens with zero attached hydrogens (tertiary/aromatic N) is 1. The highest BCUT2D eigenvalue weighted by Gasteiger charge is 2.38. The number of rotatable bonds is 3. The highest BCUT2D eigenvalue weighted by atomic mass is 16.6. The minimum absolute atomic E-state index is 0.197. The van der Waals surface area contributed by atoms with E-state index < -0.39 is 0 Å². The highest BCUT2D eigenvalue weighted by molar-refractivity contribution is 5.70. The average molecular weight is 279 g/mol. The van der Waals surface area contributed by atoms with E-state index in [4.69, 9.17) is 9.47 Å². The molecular weight excluding hydrogens is 254 g/mol. The number of para-hydroxylation sites is 1. The number of cyclic esters (lactones) is 1. The van der Waals surface area contributed by atoms with Crippen LogP contribution in [0.5, 0.6) is 5.75 Å². The lowest BCUT2D eigenvalue weighted by molar-refractivity contribution is 0.0993. The molecule has 1 aromatic rings. The van der Waals surface area contributed by atoms with Gasteiger partial charge >= 0.3 is 6.09 Å². The van der Waals surface area contributed by atoms with Crippen molar-refractivity contribution in [1.29, 1.82) is 0 Å². The Hall–Kier alpha value is -1.71. The number of benzene rings is 1. The topological polar surface area (TPSA) is 38.8 Å². The molecule has 0 radical (unpaired) electrons. The van der Waals surface area contributed by atoms with Crippen LogP contribution in [0.1, 0.15) is 34.6 Å². The Bertz CT molecular complexity index is 411. The van der Waals surface area contributed by atoms with E-state index >= 15 is 0 Å². The molecule has 0 aliphatic carbocycles. The van der Waals surface area contributed by atoms with Crippen molar-refractivity contribution in [2.45, 2.75) is 46.3 Å². The summed E-state index contributed by atoms with van der Waals surface area (Å²) >= 11 is 0. The number of carbonyl (C=O) groups excluding carboxylic acids is 1. The SMILES string of the molecule is CC.CC(C)(C)N1CC(COc2ccccc2)OC1=O. The summed E-state index contributed by atoms with van der Waals surface area (Å²) < 4.78 is 10.9. The molecule has 1 saturated heterocycles. The Morgan fingerprint density at radius 2 is 1.85 bits per heavy atom. The van der Waals surface area contributed by atoms with Gasteiger partial charge in [-0.15, -0.1) is 0 Å². The molecule has 20 heavy (non-hydrogen) atoms. The molecule has 2 rings (SSSR count). The predicted octanol–water partition coefficient (Wildman–Crippen LogP) is 3.71. The van der Waals surface area contributed by atoms with Crippen molar-refractivity contribution >= 4 is 6.09 Å². The summed E-state index contributed by atoms with van der Waals surface area (Å²) in [6.07, 6.45) is -0.457. The Morgan fingerprint density at radius 1 is 1.25 bits per heavy atom. The smallest absolute Gasteiger partial charge is 0.410 e. The zero-order valence-electron chi connectivity index (χ0n) is 13.1. The van der Waals surface area contributed by atoms with E-state index in [0.29, 0.717) is 13.2 Å². The van der Waals surface area contributed by atoms with E-state index in [9.17, 15) is 4.79 Å². The Balaban J connectivity index is 0.000000956. The van der Waals surface area contributed by atoms with Crippen molar-refractivity contribution in [1.82, 2.24) is 4.90 Å². The first-order chi connectivity index (χ1) is 9.47. The van der Waals surface area contributed by atoms with Crippen LogP contribution in [0.2, 0.25) is 0 Å². The summed E-state index contributed by atoms with van der Waals surface area (Å²) in [6, 6.07) is 9.54. The second-order valence-corrected chi connectivity index (χ2v) is 5.41. The average Bonchev–Trinajstić information content (AvgIpc) is 2.81. The fourth-order valence-corrected chi connectivity index (χ4v) is 1.86. The van der Waals surface area contributed by atoms with Crippen LogP contribution in [0.4, 0.5) is 4.79 Å². The van der Waals surface area contributed by atoms with Crippen LogP contribution in [0.15, 0.2) is 30.3 Å². The first-order valence-corrected chi connectivity index (χ1v) is 7.13. The van der Waals surface area contributed by atoms with Crippen molar-refractivity contribution in [3.8, 4) is 5.75 Å². The van der Waals surface area contributed by atoms with Crippen molar-refractivity contribution < 1.29 is 14.3 Å². The maximum atomic E-state index is 11.7. The largest absolute Gasteiger partial charge is 0.490 e. The maximum Gasteiger partial charge on any atom is 0.410 e. The van der Waals surface area contributed by atoms with Gasteiger partial charge in [0.05, 0.1) is 6.54 Å². The summed E-state index contributed by atoms with van der Waals surface area (Å²) in [5, 5.41) is 0. The Kier molecular flexibility index (Phi) is 5.86. The summed E-state index contributed by atoms with van der Waals surface area (Å²) in [5.41, 5.74) is -0.210. The maximum absolute atomic E-state index is 11.7. The van der Waals surface area contributed by atoms with Gasteiger partial charge in [-0.2, -0.15) is 0 Å². The normalized spacial score (nSPS) is 18.1.